The molecule has 168 valence electrons. The number of esters is 1. The predicted octanol–water partition coefficient (Wildman–Crippen LogP) is 2.67. The van der Waals surface area contributed by atoms with Gasteiger partial charge in [0.1, 0.15) is 5.00 Å². The van der Waals surface area contributed by atoms with Crippen molar-refractivity contribution in [2.24, 2.45) is 11.7 Å². The van der Waals surface area contributed by atoms with Gasteiger partial charge < -0.3 is 20.7 Å². The van der Waals surface area contributed by atoms with Crippen LogP contribution in [-0.2, 0) is 19.1 Å². The fourth-order valence-corrected chi connectivity index (χ4v) is 4.11. The molecule has 1 unspecified atom stereocenters. The van der Waals surface area contributed by atoms with Gasteiger partial charge in [-0.25, -0.2) is 0 Å². The molecule has 1 saturated heterocycles. The summed E-state index contributed by atoms with van der Waals surface area (Å²) in [4.78, 5) is 50.3. The SMILES string of the molecule is CC(OC(=O)C1CCN(C(=O)/C=C/c2ccccc2)CC1)C(=O)Nc1sccc1C(N)=O. The van der Waals surface area contributed by atoms with Crippen LogP contribution >= 0.6 is 11.3 Å². The first-order chi connectivity index (χ1) is 15.3. The fraction of sp³-hybridized carbons (Fsp3) is 0.304. The van der Waals surface area contributed by atoms with Crippen LogP contribution in [0.3, 0.4) is 0 Å². The molecule has 1 aromatic carbocycles. The van der Waals surface area contributed by atoms with Gasteiger partial charge in [0.15, 0.2) is 6.10 Å². The number of nitrogens with one attached hydrogen (secondary N) is 1. The van der Waals surface area contributed by atoms with Gasteiger partial charge in [-0.15, -0.1) is 11.3 Å². The average molecular weight is 456 g/mol. The molecule has 1 fully saturated rings. The second kappa shape index (κ2) is 10.7. The van der Waals surface area contributed by atoms with Gasteiger partial charge in [0, 0.05) is 19.2 Å². The maximum Gasteiger partial charge on any atom is 0.309 e. The molecule has 1 atom stereocenters. The second-order valence-corrected chi connectivity index (χ2v) is 8.36. The van der Waals surface area contributed by atoms with Gasteiger partial charge in [0.05, 0.1) is 11.5 Å². The van der Waals surface area contributed by atoms with Gasteiger partial charge in [-0.05, 0) is 42.9 Å². The van der Waals surface area contributed by atoms with Crippen molar-refractivity contribution in [2.45, 2.75) is 25.9 Å². The highest BCUT2D eigenvalue weighted by atomic mass is 32.1. The van der Waals surface area contributed by atoms with Crippen LogP contribution < -0.4 is 11.1 Å². The van der Waals surface area contributed by atoms with Crippen LogP contribution in [0.4, 0.5) is 5.00 Å². The number of amides is 3. The molecule has 2 aromatic rings. The first kappa shape index (κ1) is 23.2. The molecule has 3 amide bonds. The van der Waals surface area contributed by atoms with Gasteiger partial charge in [-0.1, -0.05) is 30.3 Å². The van der Waals surface area contributed by atoms with Gasteiger partial charge in [-0.3, -0.25) is 19.2 Å². The maximum atomic E-state index is 12.5. The molecule has 0 bridgehead atoms. The van der Waals surface area contributed by atoms with E-state index >= 15 is 0 Å². The Kier molecular flexibility index (Phi) is 7.77. The number of hydrogen-bond acceptors (Lipinski definition) is 6. The number of carbonyl (C=O) groups excluding carboxylic acids is 4. The van der Waals surface area contributed by atoms with Crippen molar-refractivity contribution in [2.75, 3.05) is 18.4 Å². The van der Waals surface area contributed by atoms with Crippen LogP contribution in [0.2, 0.25) is 0 Å². The minimum Gasteiger partial charge on any atom is -0.452 e. The third-order valence-corrected chi connectivity index (χ3v) is 6.02. The molecule has 32 heavy (non-hydrogen) atoms. The maximum absolute atomic E-state index is 12.5. The molecular formula is C23H25N3O5S. The van der Waals surface area contributed by atoms with Crippen molar-refractivity contribution < 1.29 is 23.9 Å². The summed E-state index contributed by atoms with van der Waals surface area (Å²) < 4.78 is 5.32. The quantitative estimate of drug-likeness (QED) is 0.491. The number of ether oxygens (including phenoxy) is 1. The Morgan fingerprint density at radius 2 is 1.84 bits per heavy atom. The van der Waals surface area contributed by atoms with Crippen molar-refractivity contribution in [1.29, 1.82) is 0 Å². The Hall–Kier alpha value is -3.46. The van der Waals surface area contributed by atoms with Crippen LogP contribution in [0.25, 0.3) is 6.08 Å². The number of primary amides is 1. The number of piperidine rings is 1. The lowest BCUT2D eigenvalue weighted by atomic mass is 9.97. The Balaban J connectivity index is 1.46. The third kappa shape index (κ3) is 6.04. The normalized spacial score (nSPS) is 15.3. The highest BCUT2D eigenvalue weighted by molar-refractivity contribution is 7.14. The number of nitrogens with zero attached hydrogens (tertiary/aromatic N) is 1. The van der Waals surface area contributed by atoms with E-state index in [1.54, 1.807) is 16.4 Å². The number of hydrogen-bond donors (Lipinski definition) is 2. The Bertz CT molecular complexity index is 1010. The lowest BCUT2D eigenvalue weighted by Gasteiger charge is -2.30. The van der Waals surface area contributed by atoms with E-state index in [0.29, 0.717) is 30.9 Å². The molecule has 1 aromatic heterocycles. The van der Waals surface area contributed by atoms with E-state index in [4.69, 9.17) is 10.5 Å². The Labute approximate surface area is 190 Å². The molecule has 0 radical (unpaired) electrons. The van der Waals surface area contributed by atoms with Crippen LogP contribution in [0.5, 0.6) is 0 Å². The average Bonchev–Trinajstić information content (AvgIpc) is 3.26. The molecule has 0 spiro atoms. The lowest BCUT2D eigenvalue weighted by Crippen LogP contribution is -2.41. The molecule has 3 rings (SSSR count). The molecule has 0 aliphatic carbocycles. The van der Waals surface area contributed by atoms with Crippen molar-refractivity contribution in [3.05, 3.63) is 59.0 Å². The zero-order chi connectivity index (χ0) is 23.1. The second-order valence-electron chi connectivity index (χ2n) is 7.44. The summed E-state index contributed by atoms with van der Waals surface area (Å²) in [5.41, 5.74) is 6.42. The molecule has 0 saturated carbocycles. The first-order valence-electron chi connectivity index (χ1n) is 10.3. The standard InChI is InChI=1S/C23H25N3O5S/c1-15(21(29)25-22-18(20(24)28)11-14-32-22)31-23(30)17-9-12-26(13-10-17)19(27)8-7-16-5-3-2-4-6-16/h2-8,11,14-15,17H,9-10,12-13H2,1H3,(H2,24,28)(H,25,29)/b8-7+. The molecule has 9 heteroatoms. The summed E-state index contributed by atoms with van der Waals surface area (Å²) >= 11 is 1.16. The molecule has 8 nitrogen and oxygen atoms in total. The van der Waals surface area contributed by atoms with E-state index < -0.39 is 23.9 Å². The number of thiophene rings is 1. The highest BCUT2D eigenvalue weighted by Crippen LogP contribution is 2.24. The number of carbonyl (C=O) groups is 4. The van der Waals surface area contributed by atoms with Crippen molar-refractivity contribution in [3.63, 3.8) is 0 Å². The van der Waals surface area contributed by atoms with E-state index in [2.05, 4.69) is 5.32 Å². The molecule has 2 heterocycles. The van der Waals surface area contributed by atoms with E-state index in [0.717, 1.165) is 16.9 Å². The third-order valence-electron chi connectivity index (χ3n) is 5.19. The highest BCUT2D eigenvalue weighted by Gasteiger charge is 2.30. The van der Waals surface area contributed by atoms with E-state index in [1.807, 2.05) is 30.3 Å². The molecule has 1 aliphatic rings. The summed E-state index contributed by atoms with van der Waals surface area (Å²) in [5.74, 6) is -2.14. The monoisotopic (exact) mass is 455 g/mol. The lowest BCUT2D eigenvalue weighted by molar-refractivity contribution is -0.159. The zero-order valence-electron chi connectivity index (χ0n) is 17.7. The largest absolute Gasteiger partial charge is 0.452 e. The van der Waals surface area contributed by atoms with Crippen molar-refractivity contribution >= 4 is 46.1 Å². The molecule has 3 N–H and O–H groups in total. The van der Waals surface area contributed by atoms with Crippen LogP contribution in [0.15, 0.2) is 47.9 Å². The van der Waals surface area contributed by atoms with Gasteiger partial charge in [0.25, 0.3) is 11.8 Å². The Morgan fingerprint density at radius 1 is 1.16 bits per heavy atom. The van der Waals surface area contributed by atoms with E-state index in [9.17, 15) is 19.2 Å². The number of rotatable bonds is 7. The van der Waals surface area contributed by atoms with Crippen LogP contribution in [-0.4, -0.2) is 47.8 Å². The minimum atomic E-state index is -1.03. The summed E-state index contributed by atoms with van der Waals surface area (Å²) in [6.45, 7) is 2.35. The smallest absolute Gasteiger partial charge is 0.309 e. The first-order valence-corrected chi connectivity index (χ1v) is 11.1. The van der Waals surface area contributed by atoms with Crippen molar-refractivity contribution in [1.82, 2.24) is 4.90 Å². The summed E-state index contributed by atoms with van der Waals surface area (Å²) in [7, 11) is 0. The summed E-state index contributed by atoms with van der Waals surface area (Å²) in [6.07, 6.45) is 3.20. The van der Waals surface area contributed by atoms with Gasteiger partial charge in [0.2, 0.25) is 5.91 Å². The molecule has 1 aliphatic heterocycles. The van der Waals surface area contributed by atoms with Crippen LogP contribution in [0.1, 0.15) is 35.7 Å². The van der Waals surface area contributed by atoms with Crippen LogP contribution in [0, 0.1) is 5.92 Å². The van der Waals surface area contributed by atoms with E-state index in [1.165, 1.54) is 19.1 Å². The van der Waals surface area contributed by atoms with Gasteiger partial charge in [-0.2, -0.15) is 0 Å². The number of nitrogens with two attached hydrogens (primary N) is 1. The topological polar surface area (TPSA) is 119 Å². The number of likely N-dealkylation sites (tertiary alicyclic amines) is 1. The minimum absolute atomic E-state index is 0.102. The predicted molar refractivity (Wildman–Crippen MR) is 122 cm³/mol. The van der Waals surface area contributed by atoms with E-state index in [-0.39, 0.29) is 17.4 Å². The fourth-order valence-electron chi connectivity index (χ4n) is 3.31. The Morgan fingerprint density at radius 3 is 2.50 bits per heavy atom. The van der Waals surface area contributed by atoms with Gasteiger partial charge >= 0.3 is 5.97 Å². The van der Waals surface area contributed by atoms with Crippen molar-refractivity contribution in [3.8, 4) is 0 Å². The summed E-state index contributed by atoms with van der Waals surface area (Å²) in [6, 6.07) is 11.1. The number of benzene rings is 1. The molecular weight excluding hydrogens is 430 g/mol. The zero-order valence-corrected chi connectivity index (χ0v) is 18.5. The summed E-state index contributed by atoms with van der Waals surface area (Å²) in [5, 5.41) is 4.53. The number of anilines is 1.